The molecule has 2 aromatic rings. The third-order valence-electron chi connectivity index (χ3n) is 3.10. The summed E-state index contributed by atoms with van der Waals surface area (Å²) in [5.74, 6) is -0.446. The molecule has 1 amide bonds. The van der Waals surface area contributed by atoms with Crippen molar-refractivity contribution in [2.24, 2.45) is 0 Å². The smallest absolute Gasteiger partial charge is 0.244 e. The van der Waals surface area contributed by atoms with Gasteiger partial charge >= 0.3 is 0 Å². The molecule has 120 valence electrons. The van der Waals surface area contributed by atoms with E-state index in [1.54, 1.807) is 0 Å². The molecule has 0 aliphatic rings. The van der Waals surface area contributed by atoms with E-state index in [2.05, 4.69) is 5.32 Å². The van der Waals surface area contributed by atoms with Gasteiger partial charge in [-0.05, 0) is 36.2 Å². The predicted molar refractivity (Wildman–Crippen MR) is 90.9 cm³/mol. The number of hydrogen-bond donors (Lipinski definition) is 1. The molecule has 0 unspecified atom stereocenters. The van der Waals surface area contributed by atoms with Gasteiger partial charge in [-0.2, -0.15) is 0 Å². The summed E-state index contributed by atoms with van der Waals surface area (Å²) in [6.45, 7) is 0.439. The molecule has 2 rings (SSSR count). The van der Waals surface area contributed by atoms with Gasteiger partial charge in [0.05, 0.1) is 4.90 Å². The Bertz CT molecular complexity index is 784. The summed E-state index contributed by atoms with van der Waals surface area (Å²) < 4.78 is 24.1. The van der Waals surface area contributed by atoms with Crippen LogP contribution in [0.4, 0.5) is 0 Å². The molecule has 0 spiro atoms. The molecule has 1 N–H and O–H groups in total. The van der Waals surface area contributed by atoms with E-state index < -0.39 is 15.7 Å². The summed E-state index contributed by atoms with van der Waals surface area (Å²) in [5.41, 5.74) is 1.10. The minimum absolute atomic E-state index is 0.0928. The number of carbonyl (C=O) groups excluding carboxylic acids is 1. The molecule has 2 aromatic carbocycles. The number of benzene rings is 2. The normalized spacial score (nSPS) is 11.5. The van der Waals surface area contributed by atoms with Gasteiger partial charge in [-0.15, -0.1) is 0 Å². The zero-order valence-corrected chi connectivity index (χ0v) is 13.8. The third kappa shape index (κ3) is 5.54. The average Bonchev–Trinajstić information content (AvgIpc) is 2.54. The van der Waals surface area contributed by atoms with Crippen LogP contribution in [-0.4, -0.2) is 20.9 Å². The largest absolute Gasteiger partial charge is 0.352 e. The second-order valence-electron chi connectivity index (χ2n) is 4.83. The van der Waals surface area contributed by atoms with Crippen LogP contribution in [0.1, 0.15) is 5.56 Å². The molecule has 0 aliphatic heterocycles. The lowest BCUT2D eigenvalue weighted by Gasteiger charge is -2.03. The van der Waals surface area contributed by atoms with Gasteiger partial charge in [-0.25, -0.2) is 8.42 Å². The Morgan fingerprint density at radius 2 is 1.70 bits per heavy atom. The van der Waals surface area contributed by atoms with Gasteiger partial charge in [0.2, 0.25) is 5.91 Å². The molecular formula is C17H16ClNO3S. The first-order valence-electron chi connectivity index (χ1n) is 6.98. The van der Waals surface area contributed by atoms with Crippen molar-refractivity contribution in [1.29, 1.82) is 0 Å². The van der Waals surface area contributed by atoms with E-state index in [0.29, 0.717) is 18.0 Å². The first kappa shape index (κ1) is 17.2. The lowest BCUT2D eigenvalue weighted by atomic mass is 10.1. The Morgan fingerprint density at radius 3 is 2.35 bits per heavy atom. The standard InChI is InChI=1S/C17H16ClNO3S/c18-15-6-8-16(9-7-15)23(21,22)13-11-17(20)19-12-10-14-4-2-1-3-5-14/h1-9,11,13H,10,12H2,(H,19,20)/b13-11+. The van der Waals surface area contributed by atoms with Gasteiger partial charge < -0.3 is 5.32 Å². The lowest BCUT2D eigenvalue weighted by Crippen LogP contribution is -2.23. The highest BCUT2D eigenvalue weighted by molar-refractivity contribution is 7.94. The van der Waals surface area contributed by atoms with Crippen molar-refractivity contribution in [3.8, 4) is 0 Å². The molecule has 0 atom stereocenters. The van der Waals surface area contributed by atoms with E-state index in [0.717, 1.165) is 17.0 Å². The number of amides is 1. The van der Waals surface area contributed by atoms with Crippen molar-refractivity contribution in [3.05, 3.63) is 76.7 Å². The number of sulfone groups is 1. The van der Waals surface area contributed by atoms with E-state index in [1.165, 1.54) is 24.3 Å². The maximum Gasteiger partial charge on any atom is 0.244 e. The zero-order valence-electron chi connectivity index (χ0n) is 12.3. The molecule has 0 aromatic heterocycles. The van der Waals surface area contributed by atoms with Gasteiger partial charge in [0, 0.05) is 23.1 Å². The fraction of sp³-hybridized carbons (Fsp3) is 0.118. The molecular weight excluding hydrogens is 334 g/mol. The van der Waals surface area contributed by atoms with E-state index in [1.807, 2.05) is 30.3 Å². The van der Waals surface area contributed by atoms with Gasteiger partial charge in [-0.1, -0.05) is 41.9 Å². The predicted octanol–water partition coefficient (Wildman–Crippen LogP) is 2.99. The Balaban J connectivity index is 1.88. The van der Waals surface area contributed by atoms with E-state index >= 15 is 0 Å². The molecule has 0 saturated heterocycles. The van der Waals surface area contributed by atoms with Crippen LogP contribution in [0.3, 0.4) is 0 Å². The summed E-state index contributed by atoms with van der Waals surface area (Å²) in [4.78, 5) is 11.8. The van der Waals surface area contributed by atoms with Gasteiger partial charge in [0.1, 0.15) is 0 Å². The summed E-state index contributed by atoms with van der Waals surface area (Å²) >= 11 is 5.72. The molecule has 6 heteroatoms. The molecule has 0 fully saturated rings. The van der Waals surface area contributed by atoms with Crippen LogP contribution < -0.4 is 5.32 Å². The van der Waals surface area contributed by atoms with Crippen molar-refractivity contribution in [2.75, 3.05) is 6.54 Å². The van der Waals surface area contributed by atoms with Crippen LogP contribution in [0.5, 0.6) is 0 Å². The van der Waals surface area contributed by atoms with Crippen LogP contribution in [0.15, 0.2) is 71.0 Å². The second kappa shape index (κ2) is 7.94. The number of carbonyl (C=O) groups is 1. The van der Waals surface area contributed by atoms with E-state index in [9.17, 15) is 13.2 Å². The Hall–Kier alpha value is -2.11. The number of rotatable bonds is 6. The highest BCUT2D eigenvalue weighted by atomic mass is 35.5. The van der Waals surface area contributed by atoms with E-state index in [4.69, 9.17) is 11.6 Å². The number of hydrogen-bond acceptors (Lipinski definition) is 3. The SMILES string of the molecule is O=C(/C=C/S(=O)(=O)c1ccc(Cl)cc1)NCCc1ccccc1. The van der Waals surface area contributed by atoms with E-state index in [-0.39, 0.29) is 4.90 Å². The second-order valence-corrected chi connectivity index (χ2v) is 7.10. The highest BCUT2D eigenvalue weighted by Crippen LogP contribution is 2.16. The maximum absolute atomic E-state index is 12.0. The van der Waals surface area contributed by atoms with Crippen molar-refractivity contribution in [1.82, 2.24) is 5.32 Å². The number of halogens is 1. The average molecular weight is 350 g/mol. The first-order valence-corrected chi connectivity index (χ1v) is 8.90. The van der Waals surface area contributed by atoms with Crippen molar-refractivity contribution < 1.29 is 13.2 Å². The third-order valence-corrected chi connectivity index (χ3v) is 4.77. The number of nitrogens with one attached hydrogen (secondary N) is 1. The summed E-state index contributed by atoms with van der Waals surface area (Å²) in [5, 5.41) is 4.00. The van der Waals surface area contributed by atoms with Gasteiger partial charge in [-0.3, -0.25) is 4.79 Å². The van der Waals surface area contributed by atoms with Crippen molar-refractivity contribution in [2.45, 2.75) is 11.3 Å². The molecule has 0 aliphatic carbocycles. The minimum Gasteiger partial charge on any atom is -0.352 e. The summed E-state index contributed by atoms with van der Waals surface area (Å²) in [6, 6.07) is 15.5. The monoisotopic (exact) mass is 349 g/mol. The molecule has 0 saturated carbocycles. The Labute approximate surface area is 140 Å². The zero-order chi connectivity index (χ0) is 16.7. The van der Waals surface area contributed by atoms with Crippen molar-refractivity contribution >= 4 is 27.3 Å². The lowest BCUT2D eigenvalue weighted by molar-refractivity contribution is -0.116. The molecule has 0 radical (unpaired) electrons. The Kier molecular flexibility index (Phi) is 5.96. The van der Waals surface area contributed by atoms with Crippen molar-refractivity contribution in [3.63, 3.8) is 0 Å². The minimum atomic E-state index is -3.65. The summed E-state index contributed by atoms with van der Waals surface area (Å²) in [7, 11) is -3.65. The maximum atomic E-state index is 12.0. The first-order chi connectivity index (χ1) is 11.0. The van der Waals surface area contributed by atoms with Crippen LogP contribution >= 0.6 is 11.6 Å². The van der Waals surface area contributed by atoms with Crippen LogP contribution in [0, 0.1) is 0 Å². The quantitative estimate of drug-likeness (QED) is 0.815. The Morgan fingerprint density at radius 1 is 1.04 bits per heavy atom. The van der Waals surface area contributed by atoms with Gasteiger partial charge in [0.25, 0.3) is 0 Å². The fourth-order valence-corrected chi connectivity index (χ4v) is 2.99. The van der Waals surface area contributed by atoms with Gasteiger partial charge in [0.15, 0.2) is 9.84 Å². The van der Waals surface area contributed by atoms with Crippen LogP contribution in [0.25, 0.3) is 0 Å². The fourth-order valence-electron chi connectivity index (χ4n) is 1.89. The highest BCUT2D eigenvalue weighted by Gasteiger charge is 2.10. The summed E-state index contributed by atoms with van der Waals surface area (Å²) in [6.07, 6.45) is 1.71. The van der Waals surface area contributed by atoms with Crippen LogP contribution in [-0.2, 0) is 21.1 Å². The molecule has 23 heavy (non-hydrogen) atoms. The molecule has 4 nitrogen and oxygen atoms in total. The topological polar surface area (TPSA) is 63.2 Å². The molecule has 0 heterocycles. The van der Waals surface area contributed by atoms with Crippen LogP contribution in [0.2, 0.25) is 5.02 Å². The molecule has 0 bridgehead atoms.